The van der Waals surface area contributed by atoms with Crippen molar-refractivity contribution in [2.24, 2.45) is 0 Å². The van der Waals surface area contributed by atoms with Gasteiger partial charge in [0.1, 0.15) is 11.2 Å². The molecular formula is C64H57BN2OS. The van der Waals surface area contributed by atoms with Crippen LogP contribution in [0.15, 0.2) is 150 Å². The lowest BCUT2D eigenvalue weighted by atomic mass is 9.61. The molecule has 1 aliphatic heterocycles. The number of H-pyrrole nitrogens is 1. The van der Waals surface area contributed by atoms with Crippen molar-refractivity contribution in [3.8, 4) is 33.4 Å². The number of anilines is 3. The summed E-state index contributed by atoms with van der Waals surface area (Å²) in [4.78, 5) is 6.66. The van der Waals surface area contributed by atoms with Crippen LogP contribution in [-0.2, 0) is 16.2 Å². The van der Waals surface area contributed by atoms with Gasteiger partial charge < -0.3 is 14.3 Å². The van der Waals surface area contributed by atoms with E-state index in [-0.39, 0.29) is 16.2 Å². The van der Waals surface area contributed by atoms with E-state index in [9.17, 15) is 0 Å². The van der Waals surface area contributed by atoms with Crippen molar-refractivity contribution in [1.29, 1.82) is 0 Å². The predicted molar refractivity (Wildman–Crippen MR) is 299 cm³/mol. The van der Waals surface area contributed by atoms with E-state index in [0.29, 0.717) is 0 Å². The molecule has 0 saturated heterocycles. The van der Waals surface area contributed by atoms with Crippen LogP contribution in [0.25, 0.3) is 87.2 Å². The smallest absolute Gasteiger partial charge is 0.211 e. The molecule has 0 fully saturated rings. The molecule has 0 saturated carbocycles. The first-order chi connectivity index (χ1) is 33.1. The summed E-state index contributed by atoms with van der Waals surface area (Å²) in [5.41, 5.74) is 23.4. The van der Waals surface area contributed by atoms with Gasteiger partial charge in [0.15, 0.2) is 0 Å². The van der Waals surface area contributed by atoms with Crippen LogP contribution in [0.3, 0.4) is 0 Å². The van der Waals surface area contributed by atoms with Crippen LogP contribution in [0.4, 0.5) is 17.1 Å². The van der Waals surface area contributed by atoms with Gasteiger partial charge >= 0.3 is 0 Å². The fraction of sp³-hybridized carbons (Fsp3) is 0.219. The SMILES string of the molecule is Cc1ccccc1-c1ccc2[nH]c3c(-c4c5c(cc6c4oc4ccccc46)N(c4ccc(C(C)(C)C)cc4)c4c(sc6cc7c(cc46)C(C)(C)CCC7(C)C)B5)cc(-c4ccccc4C)cc3c2c1. The van der Waals surface area contributed by atoms with Gasteiger partial charge in [-0.25, -0.2) is 0 Å². The van der Waals surface area contributed by atoms with Crippen molar-refractivity contribution in [2.45, 2.75) is 91.4 Å². The number of aryl methyl sites for hydroxylation is 2. The molecule has 338 valence electrons. The number of benzene rings is 8. The van der Waals surface area contributed by atoms with E-state index in [4.69, 9.17) is 4.42 Å². The van der Waals surface area contributed by atoms with Gasteiger partial charge in [-0.1, -0.05) is 133 Å². The highest BCUT2D eigenvalue weighted by molar-refractivity contribution is 7.29. The molecule has 0 spiro atoms. The number of aromatic amines is 1. The molecule has 8 aromatic carbocycles. The third-order valence-electron chi connectivity index (χ3n) is 16.1. The number of nitrogens with zero attached hydrogens (tertiary/aromatic N) is 1. The zero-order valence-corrected chi connectivity index (χ0v) is 42.1. The number of para-hydroxylation sites is 1. The molecule has 4 heterocycles. The minimum Gasteiger partial charge on any atom is -0.455 e. The first-order valence-electron chi connectivity index (χ1n) is 24.8. The second kappa shape index (κ2) is 14.8. The van der Waals surface area contributed by atoms with E-state index in [2.05, 4.69) is 218 Å². The lowest BCUT2D eigenvalue weighted by Crippen LogP contribution is -2.39. The number of rotatable bonds is 4. The fourth-order valence-corrected chi connectivity index (χ4v) is 13.3. The number of aromatic nitrogens is 1. The Bertz CT molecular complexity index is 3950. The minimum absolute atomic E-state index is 0.0266. The number of nitrogens with one attached hydrogen (secondary N) is 1. The molecule has 13 rings (SSSR count). The highest BCUT2D eigenvalue weighted by atomic mass is 32.1. The van der Waals surface area contributed by atoms with Crippen LogP contribution in [0, 0.1) is 13.8 Å². The molecule has 69 heavy (non-hydrogen) atoms. The molecule has 0 unspecified atom stereocenters. The Morgan fingerprint density at radius 1 is 0.609 bits per heavy atom. The fourth-order valence-electron chi connectivity index (χ4n) is 12.1. The van der Waals surface area contributed by atoms with Crippen molar-refractivity contribution < 1.29 is 4.42 Å². The zero-order valence-electron chi connectivity index (χ0n) is 41.2. The van der Waals surface area contributed by atoms with E-state index in [1.54, 1.807) is 0 Å². The van der Waals surface area contributed by atoms with Crippen LogP contribution < -0.4 is 15.1 Å². The first-order valence-corrected chi connectivity index (χ1v) is 25.6. The standard InChI is InChI=1S/C64H57BN2OS/c1-36-16-10-12-18-42(36)38-22-27-52-45(30-38)46-31-39(43-19-13-11-17-37(43)2)32-49(58(46)66-52)56-57-53(34-47-44-20-14-15-21-54(44)68-60(47)56)67(41-25-23-40(24-26-41)62(3,4)5)59-48-33-50-51(35-55(48)69-61(59)65-57)64(8,9)29-28-63(50,6)7/h10-27,30-35,65-66H,28-29H2,1-9H3. The van der Waals surface area contributed by atoms with Gasteiger partial charge in [-0.05, 0) is 164 Å². The summed E-state index contributed by atoms with van der Waals surface area (Å²) in [7, 11) is 0.786. The van der Waals surface area contributed by atoms with Gasteiger partial charge in [0, 0.05) is 59.6 Å². The van der Waals surface area contributed by atoms with Crippen molar-refractivity contribution >= 4 is 99.7 Å². The molecule has 3 aromatic heterocycles. The third kappa shape index (κ3) is 6.46. The second-order valence-corrected chi connectivity index (χ2v) is 23.7. The average Bonchev–Trinajstić information content (AvgIpc) is 4.02. The Kier molecular flexibility index (Phi) is 9.10. The molecule has 2 aliphatic rings. The summed E-state index contributed by atoms with van der Waals surface area (Å²) < 4.78 is 9.97. The Morgan fingerprint density at radius 2 is 1.26 bits per heavy atom. The first kappa shape index (κ1) is 42.3. The van der Waals surface area contributed by atoms with Gasteiger partial charge in [-0.2, -0.15) is 0 Å². The van der Waals surface area contributed by atoms with Crippen LogP contribution in [-0.4, -0.2) is 12.3 Å². The molecule has 0 radical (unpaired) electrons. The van der Waals surface area contributed by atoms with E-state index in [0.717, 1.165) is 51.4 Å². The summed E-state index contributed by atoms with van der Waals surface area (Å²) in [5, 5.41) is 6.04. The van der Waals surface area contributed by atoms with Crippen molar-refractivity contribution in [3.63, 3.8) is 0 Å². The number of hydrogen-bond acceptors (Lipinski definition) is 3. The van der Waals surface area contributed by atoms with Crippen LogP contribution in [0.2, 0.25) is 0 Å². The summed E-state index contributed by atoms with van der Waals surface area (Å²) in [6, 6.07) is 55.1. The Labute approximate surface area is 410 Å². The summed E-state index contributed by atoms with van der Waals surface area (Å²) in [5.74, 6) is 0. The number of fused-ring (bicyclic) bond motifs is 11. The maximum absolute atomic E-state index is 7.21. The lowest BCUT2D eigenvalue weighted by molar-refractivity contribution is 0.332. The average molecular weight is 913 g/mol. The monoisotopic (exact) mass is 912 g/mol. The van der Waals surface area contributed by atoms with Crippen molar-refractivity contribution in [1.82, 2.24) is 4.98 Å². The molecule has 0 atom stereocenters. The second-order valence-electron chi connectivity index (χ2n) is 22.5. The number of furan rings is 1. The number of thiophene rings is 1. The van der Waals surface area contributed by atoms with Crippen LogP contribution >= 0.6 is 11.3 Å². The van der Waals surface area contributed by atoms with E-state index >= 15 is 0 Å². The summed E-state index contributed by atoms with van der Waals surface area (Å²) in [6.45, 7) is 21.2. The Balaban J connectivity index is 1.16. The summed E-state index contributed by atoms with van der Waals surface area (Å²) in [6.07, 6.45) is 2.37. The Morgan fingerprint density at radius 3 is 1.97 bits per heavy atom. The van der Waals surface area contributed by atoms with Crippen LogP contribution in [0.5, 0.6) is 0 Å². The van der Waals surface area contributed by atoms with Gasteiger partial charge in [0.25, 0.3) is 0 Å². The van der Waals surface area contributed by atoms with Crippen molar-refractivity contribution in [3.05, 3.63) is 173 Å². The molecule has 1 aliphatic carbocycles. The molecule has 0 bridgehead atoms. The maximum atomic E-state index is 7.21. The van der Waals surface area contributed by atoms with Gasteiger partial charge in [0.05, 0.1) is 11.2 Å². The highest BCUT2D eigenvalue weighted by Crippen LogP contribution is 2.52. The molecule has 0 amide bonds. The van der Waals surface area contributed by atoms with Crippen LogP contribution in [0.1, 0.15) is 89.1 Å². The lowest BCUT2D eigenvalue weighted by Gasteiger charge is -2.42. The summed E-state index contributed by atoms with van der Waals surface area (Å²) >= 11 is 1.99. The molecule has 11 aromatic rings. The predicted octanol–water partition coefficient (Wildman–Crippen LogP) is 16.9. The van der Waals surface area contributed by atoms with Gasteiger partial charge in [-0.15, -0.1) is 11.3 Å². The molecule has 3 nitrogen and oxygen atoms in total. The number of hydrogen-bond donors (Lipinski definition) is 1. The van der Waals surface area contributed by atoms with E-state index in [1.165, 1.54) is 111 Å². The topological polar surface area (TPSA) is 32.2 Å². The highest BCUT2D eigenvalue weighted by Gasteiger charge is 2.40. The largest absolute Gasteiger partial charge is 0.455 e. The van der Waals surface area contributed by atoms with Crippen molar-refractivity contribution in [2.75, 3.05) is 4.90 Å². The molecular weight excluding hydrogens is 856 g/mol. The quantitative estimate of drug-likeness (QED) is 0.178. The van der Waals surface area contributed by atoms with E-state index < -0.39 is 0 Å². The normalized spacial score (nSPS) is 15.2. The third-order valence-corrected chi connectivity index (χ3v) is 17.3. The minimum atomic E-state index is 0.0266. The van der Waals surface area contributed by atoms with Gasteiger partial charge in [0.2, 0.25) is 7.28 Å². The van der Waals surface area contributed by atoms with Gasteiger partial charge in [-0.3, -0.25) is 0 Å². The van der Waals surface area contributed by atoms with E-state index in [1.807, 2.05) is 11.3 Å². The molecule has 1 N–H and O–H groups in total. The Hall–Kier alpha value is -6.82. The maximum Gasteiger partial charge on any atom is 0.211 e. The zero-order chi connectivity index (χ0) is 47.3. The molecule has 5 heteroatoms.